The molecule has 1 fully saturated rings. The van der Waals surface area contributed by atoms with Gasteiger partial charge in [0.05, 0.1) is 6.10 Å². The molecule has 1 aromatic carbocycles. The standard InChI is InChI=1S/C13H14ClNO3S2/c1-8-13(11-6-9(14)2-3-12(11)19-8)20(17,18)15-5-4-10(16)7-15/h2-3,6,10,16H,4-5,7H2,1H3/t10-/m0/s1. The number of halogens is 1. The van der Waals surface area contributed by atoms with Gasteiger partial charge < -0.3 is 5.11 Å². The van der Waals surface area contributed by atoms with E-state index < -0.39 is 16.1 Å². The molecular formula is C13H14ClNO3S2. The van der Waals surface area contributed by atoms with E-state index in [0.717, 1.165) is 9.58 Å². The Balaban J connectivity index is 2.18. The zero-order chi connectivity index (χ0) is 14.5. The molecule has 0 bridgehead atoms. The van der Waals surface area contributed by atoms with Crippen molar-refractivity contribution in [1.29, 1.82) is 0 Å². The molecule has 2 heterocycles. The second-order valence-corrected chi connectivity index (χ2v) is 8.50. The van der Waals surface area contributed by atoms with Gasteiger partial charge in [-0.2, -0.15) is 4.31 Å². The summed E-state index contributed by atoms with van der Waals surface area (Å²) in [5, 5.41) is 10.8. The number of hydrogen-bond donors (Lipinski definition) is 1. The molecule has 3 rings (SSSR count). The first-order chi connectivity index (χ1) is 9.39. The Labute approximate surface area is 126 Å². The second kappa shape index (κ2) is 4.96. The minimum Gasteiger partial charge on any atom is -0.392 e. The predicted molar refractivity (Wildman–Crippen MR) is 81.0 cm³/mol. The maximum atomic E-state index is 12.8. The van der Waals surface area contributed by atoms with Gasteiger partial charge in [0.1, 0.15) is 4.90 Å². The van der Waals surface area contributed by atoms with Crippen LogP contribution in [0, 0.1) is 6.92 Å². The van der Waals surface area contributed by atoms with Crippen molar-refractivity contribution in [3.63, 3.8) is 0 Å². The van der Waals surface area contributed by atoms with Crippen LogP contribution in [-0.2, 0) is 10.0 Å². The molecule has 1 aromatic heterocycles. The van der Waals surface area contributed by atoms with Gasteiger partial charge >= 0.3 is 0 Å². The minimum atomic E-state index is -3.58. The molecule has 1 saturated heterocycles. The lowest BCUT2D eigenvalue weighted by Crippen LogP contribution is -2.29. The first-order valence-electron chi connectivity index (χ1n) is 6.26. The predicted octanol–water partition coefficient (Wildman–Crippen LogP) is 2.62. The van der Waals surface area contributed by atoms with Crippen LogP contribution < -0.4 is 0 Å². The highest BCUT2D eigenvalue weighted by Crippen LogP contribution is 2.37. The second-order valence-electron chi connectivity index (χ2n) is 4.93. The number of aliphatic hydroxyl groups excluding tert-OH is 1. The quantitative estimate of drug-likeness (QED) is 0.920. The summed E-state index contributed by atoms with van der Waals surface area (Å²) in [5.74, 6) is 0. The van der Waals surface area contributed by atoms with E-state index in [4.69, 9.17) is 11.6 Å². The van der Waals surface area contributed by atoms with Crippen molar-refractivity contribution < 1.29 is 13.5 Å². The molecule has 20 heavy (non-hydrogen) atoms. The smallest absolute Gasteiger partial charge is 0.244 e. The molecule has 7 heteroatoms. The van der Waals surface area contributed by atoms with Gasteiger partial charge in [-0.1, -0.05) is 11.6 Å². The Morgan fingerprint density at radius 1 is 1.45 bits per heavy atom. The van der Waals surface area contributed by atoms with Gasteiger partial charge in [0.25, 0.3) is 0 Å². The van der Waals surface area contributed by atoms with Gasteiger partial charge in [-0.25, -0.2) is 8.42 Å². The Kier molecular flexibility index (Phi) is 3.54. The van der Waals surface area contributed by atoms with Crippen LogP contribution in [0.1, 0.15) is 11.3 Å². The summed E-state index contributed by atoms with van der Waals surface area (Å²) in [5.41, 5.74) is 0. The molecule has 0 spiro atoms. The van der Waals surface area contributed by atoms with Crippen molar-refractivity contribution in [3.05, 3.63) is 28.1 Å². The number of fused-ring (bicyclic) bond motifs is 1. The molecule has 0 aliphatic carbocycles. The molecule has 0 radical (unpaired) electrons. The average molecular weight is 332 g/mol. The fraction of sp³-hybridized carbons (Fsp3) is 0.385. The number of thiophene rings is 1. The van der Waals surface area contributed by atoms with E-state index >= 15 is 0 Å². The van der Waals surface area contributed by atoms with Gasteiger partial charge in [-0.15, -0.1) is 11.3 Å². The summed E-state index contributed by atoms with van der Waals surface area (Å²) in [7, 11) is -3.58. The average Bonchev–Trinajstić information content (AvgIpc) is 2.92. The maximum absolute atomic E-state index is 12.8. The zero-order valence-corrected chi connectivity index (χ0v) is 13.2. The molecule has 108 valence electrons. The minimum absolute atomic E-state index is 0.166. The molecule has 1 aliphatic rings. The number of hydrogen-bond acceptors (Lipinski definition) is 4. The van der Waals surface area contributed by atoms with Crippen molar-refractivity contribution in [2.75, 3.05) is 13.1 Å². The number of β-amino-alcohol motifs (C(OH)–C–C–N with tert-alkyl or cyclic N) is 1. The van der Waals surface area contributed by atoms with E-state index in [9.17, 15) is 13.5 Å². The molecular weight excluding hydrogens is 318 g/mol. The van der Waals surface area contributed by atoms with Crippen molar-refractivity contribution in [2.24, 2.45) is 0 Å². The summed E-state index contributed by atoms with van der Waals surface area (Å²) in [6, 6.07) is 5.29. The third kappa shape index (κ3) is 2.25. The lowest BCUT2D eigenvalue weighted by molar-refractivity contribution is 0.189. The number of sulfonamides is 1. The summed E-state index contributed by atoms with van der Waals surface area (Å²) in [4.78, 5) is 1.08. The Morgan fingerprint density at radius 2 is 2.20 bits per heavy atom. The summed E-state index contributed by atoms with van der Waals surface area (Å²) in [6.45, 7) is 2.33. The highest BCUT2D eigenvalue weighted by molar-refractivity contribution is 7.89. The lowest BCUT2D eigenvalue weighted by atomic mass is 10.2. The van der Waals surface area contributed by atoms with Crippen LogP contribution >= 0.6 is 22.9 Å². The van der Waals surface area contributed by atoms with Crippen molar-refractivity contribution in [1.82, 2.24) is 4.31 Å². The van der Waals surface area contributed by atoms with Crippen molar-refractivity contribution in [2.45, 2.75) is 24.3 Å². The Hall–Kier alpha value is -0.660. The normalized spacial score (nSPS) is 20.9. The van der Waals surface area contributed by atoms with Gasteiger partial charge in [0, 0.05) is 33.1 Å². The van der Waals surface area contributed by atoms with E-state index in [-0.39, 0.29) is 6.54 Å². The largest absolute Gasteiger partial charge is 0.392 e. The maximum Gasteiger partial charge on any atom is 0.244 e. The summed E-state index contributed by atoms with van der Waals surface area (Å²) in [6.07, 6.45) is -0.0836. The van der Waals surface area contributed by atoms with Crippen LogP contribution in [0.2, 0.25) is 5.02 Å². The van der Waals surface area contributed by atoms with Crippen LogP contribution in [0.4, 0.5) is 0 Å². The fourth-order valence-electron chi connectivity index (χ4n) is 2.55. The molecule has 2 aromatic rings. The summed E-state index contributed by atoms with van der Waals surface area (Å²) >= 11 is 7.44. The topological polar surface area (TPSA) is 57.6 Å². The SMILES string of the molecule is Cc1sc2ccc(Cl)cc2c1S(=O)(=O)N1CC[C@H](O)C1. The highest BCUT2D eigenvalue weighted by Gasteiger charge is 2.34. The van der Waals surface area contributed by atoms with E-state index in [0.29, 0.717) is 28.3 Å². The third-order valence-electron chi connectivity index (χ3n) is 3.49. The Bertz CT molecular complexity index is 769. The van der Waals surface area contributed by atoms with Crippen LogP contribution in [0.5, 0.6) is 0 Å². The lowest BCUT2D eigenvalue weighted by Gasteiger charge is -2.16. The molecule has 4 nitrogen and oxygen atoms in total. The van der Waals surface area contributed by atoms with E-state index in [1.54, 1.807) is 19.1 Å². The number of benzene rings is 1. The van der Waals surface area contributed by atoms with Gasteiger partial charge in [0.15, 0.2) is 0 Å². The first-order valence-corrected chi connectivity index (χ1v) is 8.90. The van der Waals surface area contributed by atoms with Gasteiger partial charge in [-0.3, -0.25) is 0 Å². The number of rotatable bonds is 2. The number of aryl methyl sites for hydroxylation is 1. The molecule has 0 unspecified atom stereocenters. The number of nitrogens with zero attached hydrogens (tertiary/aromatic N) is 1. The highest BCUT2D eigenvalue weighted by atomic mass is 35.5. The monoisotopic (exact) mass is 331 g/mol. The number of aliphatic hydroxyl groups is 1. The van der Waals surface area contributed by atoms with Crippen molar-refractivity contribution >= 4 is 43.0 Å². The molecule has 1 aliphatic heterocycles. The molecule has 0 amide bonds. The first kappa shape index (κ1) is 14.3. The van der Waals surface area contributed by atoms with E-state index in [1.165, 1.54) is 15.6 Å². The molecule has 1 N–H and O–H groups in total. The summed E-state index contributed by atoms with van der Waals surface area (Å²) < 4.78 is 27.8. The van der Waals surface area contributed by atoms with Crippen LogP contribution in [0.15, 0.2) is 23.1 Å². The molecule has 1 atom stereocenters. The van der Waals surface area contributed by atoms with Crippen molar-refractivity contribution in [3.8, 4) is 0 Å². The van der Waals surface area contributed by atoms with E-state index in [1.807, 2.05) is 6.07 Å². The Morgan fingerprint density at radius 3 is 2.85 bits per heavy atom. The van der Waals surface area contributed by atoms with Crippen LogP contribution in [0.3, 0.4) is 0 Å². The van der Waals surface area contributed by atoms with Gasteiger partial charge in [0.2, 0.25) is 10.0 Å². The third-order valence-corrected chi connectivity index (χ3v) is 7.00. The van der Waals surface area contributed by atoms with Crippen LogP contribution in [0.25, 0.3) is 10.1 Å². The molecule has 0 saturated carbocycles. The van der Waals surface area contributed by atoms with Gasteiger partial charge in [-0.05, 0) is 31.5 Å². The van der Waals surface area contributed by atoms with E-state index in [2.05, 4.69) is 0 Å². The zero-order valence-electron chi connectivity index (χ0n) is 10.8. The fourth-order valence-corrected chi connectivity index (χ4v) is 5.95. The van der Waals surface area contributed by atoms with Crippen LogP contribution in [-0.4, -0.2) is 37.0 Å².